The van der Waals surface area contributed by atoms with Gasteiger partial charge in [-0.2, -0.15) is 0 Å². The second-order valence-corrected chi connectivity index (χ2v) is 4.79. The highest BCUT2D eigenvalue weighted by atomic mass is 19.3. The summed E-state index contributed by atoms with van der Waals surface area (Å²) < 4.78 is 31.6. The molecule has 3 nitrogen and oxygen atoms in total. The second kappa shape index (κ2) is 5.99. The molecular formula is C14H17F2NO2. The van der Waals surface area contributed by atoms with Crippen LogP contribution in [0.4, 0.5) is 13.6 Å². The monoisotopic (exact) mass is 269 g/mol. The summed E-state index contributed by atoms with van der Waals surface area (Å²) in [5.41, 5.74) is 0.865. The first-order chi connectivity index (χ1) is 9.08. The van der Waals surface area contributed by atoms with Crippen LogP contribution >= 0.6 is 0 Å². The Morgan fingerprint density at radius 1 is 1.37 bits per heavy atom. The molecule has 1 aromatic rings. The first-order valence-corrected chi connectivity index (χ1v) is 6.40. The van der Waals surface area contributed by atoms with Crippen molar-refractivity contribution >= 4 is 6.09 Å². The van der Waals surface area contributed by atoms with Crippen LogP contribution in [0.25, 0.3) is 0 Å². The van der Waals surface area contributed by atoms with E-state index >= 15 is 0 Å². The van der Waals surface area contributed by atoms with E-state index in [2.05, 4.69) is 5.32 Å². The highest BCUT2D eigenvalue weighted by Gasteiger charge is 2.43. The summed E-state index contributed by atoms with van der Waals surface area (Å²) in [4.78, 5) is 11.4. The topological polar surface area (TPSA) is 38.3 Å². The molecule has 0 heterocycles. The maximum Gasteiger partial charge on any atom is 0.407 e. The predicted octanol–water partition coefficient (Wildman–Crippen LogP) is 3.35. The smallest absolute Gasteiger partial charge is 0.407 e. The second-order valence-electron chi connectivity index (χ2n) is 4.79. The number of ether oxygens (including phenoxy) is 1. The van der Waals surface area contributed by atoms with Gasteiger partial charge in [-0.3, -0.25) is 0 Å². The molecule has 5 heteroatoms. The number of rotatable bonds is 4. The normalized spacial score (nSPS) is 21.1. The van der Waals surface area contributed by atoms with Gasteiger partial charge < -0.3 is 10.1 Å². The first-order valence-electron chi connectivity index (χ1n) is 6.40. The summed E-state index contributed by atoms with van der Waals surface area (Å²) in [6.45, 7) is 0.119. The van der Waals surface area contributed by atoms with Crippen LogP contribution in [0.2, 0.25) is 0 Å². The highest BCUT2D eigenvalue weighted by Crippen LogP contribution is 2.39. The lowest BCUT2D eigenvalue weighted by Gasteiger charge is -2.19. The summed E-state index contributed by atoms with van der Waals surface area (Å²) in [7, 11) is 0. The molecule has 1 fully saturated rings. The molecule has 0 spiro atoms. The number of benzene rings is 1. The number of hydrogen-bond acceptors (Lipinski definition) is 2. The van der Waals surface area contributed by atoms with E-state index in [1.165, 1.54) is 0 Å². The maximum atomic E-state index is 13.3. The van der Waals surface area contributed by atoms with Gasteiger partial charge in [0.1, 0.15) is 6.61 Å². The Bertz CT molecular complexity index is 423. The third-order valence-corrected chi connectivity index (χ3v) is 3.37. The molecule has 2 rings (SSSR count). The number of nitrogens with one attached hydrogen (secondary N) is 1. The van der Waals surface area contributed by atoms with E-state index in [1.54, 1.807) is 0 Å². The van der Waals surface area contributed by atoms with Gasteiger partial charge in [-0.1, -0.05) is 30.3 Å². The van der Waals surface area contributed by atoms with E-state index in [4.69, 9.17) is 4.74 Å². The number of alkyl carbamates (subject to hydrolysis) is 1. The number of amides is 1. The van der Waals surface area contributed by atoms with Crippen LogP contribution in [0, 0.1) is 5.92 Å². The van der Waals surface area contributed by atoms with Crippen molar-refractivity contribution < 1.29 is 18.3 Å². The van der Waals surface area contributed by atoms with Crippen molar-refractivity contribution in [3.8, 4) is 0 Å². The number of hydrogen-bond donors (Lipinski definition) is 1. The van der Waals surface area contributed by atoms with Crippen molar-refractivity contribution in [1.29, 1.82) is 0 Å². The number of carbonyl (C=O) groups excluding carboxylic acids is 1. The van der Waals surface area contributed by atoms with E-state index in [-0.39, 0.29) is 19.6 Å². The molecule has 1 saturated carbocycles. The third kappa shape index (κ3) is 3.91. The van der Waals surface area contributed by atoms with Gasteiger partial charge in [-0.25, -0.2) is 13.6 Å². The van der Waals surface area contributed by atoms with Crippen LogP contribution in [0.1, 0.15) is 24.8 Å². The average molecular weight is 269 g/mol. The summed E-state index contributed by atoms with van der Waals surface area (Å²) in [6.07, 6.45) is 0.231. The molecule has 1 amide bonds. The lowest BCUT2D eigenvalue weighted by atomic mass is 10.1. The van der Waals surface area contributed by atoms with Gasteiger partial charge in [0.15, 0.2) is 0 Å². The van der Waals surface area contributed by atoms with E-state index in [9.17, 15) is 13.6 Å². The zero-order valence-corrected chi connectivity index (χ0v) is 10.6. The molecule has 1 aromatic carbocycles. The molecule has 1 aliphatic rings. The van der Waals surface area contributed by atoms with Crippen LogP contribution in [-0.4, -0.2) is 18.6 Å². The standard InChI is InChI=1S/C14H17F2NO2/c15-14(16)8-4-7-12(14)9-17-13(18)19-10-11-5-2-1-3-6-11/h1-3,5-6,12H,4,7-10H2,(H,17,18). The molecule has 1 atom stereocenters. The molecule has 1 aliphatic carbocycles. The van der Waals surface area contributed by atoms with Crippen molar-refractivity contribution in [2.45, 2.75) is 31.8 Å². The summed E-state index contributed by atoms with van der Waals surface area (Å²) in [5.74, 6) is -3.43. The zero-order chi connectivity index (χ0) is 13.7. The molecule has 0 bridgehead atoms. The van der Waals surface area contributed by atoms with Crippen molar-refractivity contribution in [1.82, 2.24) is 5.32 Å². The van der Waals surface area contributed by atoms with Gasteiger partial charge in [0, 0.05) is 18.9 Å². The Morgan fingerprint density at radius 2 is 2.11 bits per heavy atom. The van der Waals surface area contributed by atoms with Gasteiger partial charge in [0.2, 0.25) is 0 Å². The lowest BCUT2D eigenvalue weighted by molar-refractivity contribution is -0.0356. The molecule has 0 aliphatic heterocycles. The first kappa shape index (κ1) is 13.8. The third-order valence-electron chi connectivity index (χ3n) is 3.37. The number of halogens is 2. The van der Waals surface area contributed by atoms with Gasteiger partial charge in [0.05, 0.1) is 0 Å². The van der Waals surface area contributed by atoms with E-state index < -0.39 is 17.9 Å². The molecule has 0 radical (unpaired) electrons. The summed E-state index contributed by atoms with van der Waals surface area (Å²) in [5, 5.41) is 2.41. The van der Waals surface area contributed by atoms with Crippen molar-refractivity contribution in [2.24, 2.45) is 5.92 Å². The largest absolute Gasteiger partial charge is 0.445 e. The zero-order valence-electron chi connectivity index (χ0n) is 10.6. The average Bonchev–Trinajstić information content (AvgIpc) is 2.74. The Labute approximate surface area is 111 Å². The Kier molecular flexibility index (Phi) is 4.35. The van der Waals surface area contributed by atoms with E-state index in [0.717, 1.165) is 5.56 Å². The molecule has 0 saturated heterocycles. The Morgan fingerprint density at radius 3 is 2.74 bits per heavy atom. The number of carbonyl (C=O) groups is 1. The fraction of sp³-hybridized carbons (Fsp3) is 0.500. The Hall–Kier alpha value is -1.65. The van der Waals surface area contributed by atoms with Gasteiger partial charge in [-0.05, 0) is 18.4 Å². The summed E-state index contributed by atoms with van der Waals surface area (Å²) >= 11 is 0. The molecule has 1 unspecified atom stereocenters. The highest BCUT2D eigenvalue weighted by molar-refractivity contribution is 5.67. The molecule has 1 N–H and O–H groups in total. The molecule has 104 valence electrons. The quantitative estimate of drug-likeness (QED) is 0.910. The van der Waals surface area contributed by atoms with Gasteiger partial charge in [0.25, 0.3) is 5.92 Å². The van der Waals surface area contributed by atoms with Crippen LogP contribution in [0.15, 0.2) is 30.3 Å². The van der Waals surface area contributed by atoms with Crippen LogP contribution in [-0.2, 0) is 11.3 Å². The molecule has 19 heavy (non-hydrogen) atoms. The van der Waals surface area contributed by atoms with Crippen LogP contribution in [0.5, 0.6) is 0 Å². The minimum Gasteiger partial charge on any atom is -0.445 e. The minimum absolute atomic E-state index is 0.0272. The predicted molar refractivity (Wildman–Crippen MR) is 66.9 cm³/mol. The Balaban J connectivity index is 1.70. The van der Waals surface area contributed by atoms with Crippen molar-refractivity contribution in [3.63, 3.8) is 0 Å². The van der Waals surface area contributed by atoms with Gasteiger partial charge in [-0.15, -0.1) is 0 Å². The van der Waals surface area contributed by atoms with Gasteiger partial charge >= 0.3 is 6.09 Å². The SMILES string of the molecule is O=C(NCC1CCCC1(F)F)OCc1ccccc1. The maximum absolute atomic E-state index is 13.3. The lowest BCUT2D eigenvalue weighted by Crippen LogP contribution is -2.35. The minimum atomic E-state index is -2.66. The fourth-order valence-corrected chi connectivity index (χ4v) is 2.23. The van der Waals surface area contributed by atoms with Crippen LogP contribution in [0.3, 0.4) is 0 Å². The number of alkyl halides is 2. The van der Waals surface area contributed by atoms with Crippen molar-refractivity contribution in [2.75, 3.05) is 6.54 Å². The molecular weight excluding hydrogens is 252 g/mol. The fourth-order valence-electron chi connectivity index (χ4n) is 2.23. The van der Waals surface area contributed by atoms with E-state index in [1.807, 2.05) is 30.3 Å². The van der Waals surface area contributed by atoms with E-state index in [0.29, 0.717) is 12.8 Å². The van der Waals surface area contributed by atoms with Crippen molar-refractivity contribution in [3.05, 3.63) is 35.9 Å². The molecule has 0 aromatic heterocycles. The summed E-state index contributed by atoms with van der Waals surface area (Å²) in [6, 6.07) is 9.22. The van der Waals surface area contributed by atoms with Crippen LogP contribution < -0.4 is 5.32 Å².